The van der Waals surface area contributed by atoms with Crippen LogP contribution >= 0.6 is 0 Å². The molecule has 0 aliphatic rings. The maximum Gasteiger partial charge on any atom is 0.283 e. The molecule has 116 valence electrons. The van der Waals surface area contributed by atoms with Crippen LogP contribution in [-0.2, 0) is 17.1 Å². The molecule has 2 aromatic rings. The van der Waals surface area contributed by atoms with Gasteiger partial charge in [0.25, 0.3) is 10.0 Å². The Bertz CT molecular complexity index is 799. The van der Waals surface area contributed by atoms with Crippen LogP contribution in [0.25, 0.3) is 0 Å². The monoisotopic (exact) mass is 318 g/mol. The van der Waals surface area contributed by atoms with Gasteiger partial charge in [0, 0.05) is 19.8 Å². The van der Waals surface area contributed by atoms with Crippen molar-refractivity contribution in [3.05, 3.63) is 41.9 Å². The van der Waals surface area contributed by atoms with E-state index in [2.05, 4.69) is 4.98 Å². The van der Waals surface area contributed by atoms with Crippen molar-refractivity contribution < 1.29 is 8.42 Å². The second-order valence-electron chi connectivity index (χ2n) is 5.06. The molecule has 0 N–H and O–H groups in total. The van der Waals surface area contributed by atoms with Gasteiger partial charge in [0.2, 0.25) is 0 Å². The summed E-state index contributed by atoms with van der Waals surface area (Å²) in [6.07, 6.45) is 1.60. The zero-order valence-corrected chi connectivity index (χ0v) is 13.6. The standard InChI is InChI=1S/C15H18N4O2S/c1-12-6-4-7-14(10-12)19(9-5-8-16)22(20,21)15-11-18(3)13(2)17-15/h4,6-7,10-11H,5,9H2,1-3H3. The molecule has 0 aliphatic heterocycles. The molecule has 0 atom stereocenters. The largest absolute Gasteiger partial charge is 0.337 e. The Hall–Kier alpha value is -2.33. The number of aromatic nitrogens is 2. The van der Waals surface area contributed by atoms with Crippen molar-refractivity contribution in [2.45, 2.75) is 25.3 Å². The molecule has 7 heteroatoms. The highest BCUT2D eigenvalue weighted by molar-refractivity contribution is 7.92. The highest BCUT2D eigenvalue weighted by Gasteiger charge is 2.27. The molecule has 22 heavy (non-hydrogen) atoms. The Morgan fingerprint density at radius 2 is 2.09 bits per heavy atom. The average Bonchev–Trinajstić information content (AvgIpc) is 2.80. The molecule has 1 aromatic heterocycles. The van der Waals surface area contributed by atoms with Gasteiger partial charge in [-0.25, -0.2) is 4.98 Å². The zero-order chi connectivity index (χ0) is 16.3. The van der Waals surface area contributed by atoms with Crippen molar-refractivity contribution in [3.8, 4) is 6.07 Å². The van der Waals surface area contributed by atoms with Crippen LogP contribution in [-0.4, -0.2) is 24.5 Å². The van der Waals surface area contributed by atoms with Gasteiger partial charge in [-0.2, -0.15) is 13.7 Å². The molecule has 0 spiro atoms. The molecule has 0 radical (unpaired) electrons. The van der Waals surface area contributed by atoms with Gasteiger partial charge in [-0.1, -0.05) is 12.1 Å². The summed E-state index contributed by atoms with van der Waals surface area (Å²) in [6, 6.07) is 9.18. The van der Waals surface area contributed by atoms with E-state index >= 15 is 0 Å². The summed E-state index contributed by atoms with van der Waals surface area (Å²) >= 11 is 0. The number of hydrogen-bond donors (Lipinski definition) is 0. The number of hydrogen-bond acceptors (Lipinski definition) is 4. The van der Waals surface area contributed by atoms with E-state index in [0.717, 1.165) is 5.56 Å². The highest BCUT2D eigenvalue weighted by Crippen LogP contribution is 2.24. The minimum atomic E-state index is -3.79. The van der Waals surface area contributed by atoms with E-state index in [1.165, 1.54) is 10.5 Å². The SMILES string of the molecule is Cc1cccc(N(CCC#N)S(=O)(=O)c2cn(C)c(C)n2)c1. The van der Waals surface area contributed by atoms with Crippen LogP contribution in [0.4, 0.5) is 5.69 Å². The first kappa shape index (κ1) is 16.0. The number of imidazole rings is 1. The summed E-state index contributed by atoms with van der Waals surface area (Å²) in [5, 5.41) is 8.80. The second-order valence-corrected chi connectivity index (χ2v) is 6.87. The summed E-state index contributed by atoms with van der Waals surface area (Å²) in [6.45, 7) is 3.73. The van der Waals surface area contributed by atoms with Gasteiger partial charge in [0.15, 0.2) is 5.03 Å². The maximum atomic E-state index is 12.9. The van der Waals surface area contributed by atoms with Crippen LogP contribution in [0.15, 0.2) is 35.5 Å². The Morgan fingerprint density at radius 1 is 1.36 bits per heavy atom. The quantitative estimate of drug-likeness (QED) is 0.846. The van der Waals surface area contributed by atoms with Crippen LogP contribution in [0, 0.1) is 25.2 Å². The lowest BCUT2D eigenvalue weighted by Gasteiger charge is -2.22. The van der Waals surface area contributed by atoms with Gasteiger partial charge < -0.3 is 4.57 Å². The Balaban J connectivity index is 2.51. The summed E-state index contributed by atoms with van der Waals surface area (Å²) < 4.78 is 28.6. The third-order valence-electron chi connectivity index (χ3n) is 3.36. The molecule has 6 nitrogen and oxygen atoms in total. The predicted molar refractivity (Wildman–Crippen MR) is 83.9 cm³/mol. The van der Waals surface area contributed by atoms with Crippen molar-refractivity contribution in [3.63, 3.8) is 0 Å². The molecule has 0 saturated carbocycles. The lowest BCUT2D eigenvalue weighted by Crippen LogP contribution is -2.32. The van der Waals surface area contributed by atoms with Crippen molar-refractivity contribution in [1.29, 1.82) is 5.26 Å². The van der Waals surface area contributed by atoms with Crippen molar-refractivity contribution in [1.82, 2.24) is 9.55 Å². The molecular weight excluding hydrogens is 300 g/mol. The van der Waals surface area contributed by atoms with Gasteiger partial charge >= 0.3 is 0 Å². The number of sulfonamides is 1. The summed E-state index contributed by atoms with van der Waals surface area (Å²) in [7, 11) is -2.05. The molecule has 0 aliphatic carbocycles. The van der Waals surface area contributed by atoms with E-state index in [1.54, 1.807) is 36.7 Å². The van der Waals surface area contributed by atoms with E-state index in [0.29, 0.717) is 11.5 Å². The zero-order valence-electron chi connectivity index (χ0n) is 12.8. The minimum Gasteiger partial charge on any atom is -0.337 e. The van der Waals surface area contributed by atoms with Gasteiger partial charge in [-0.15, -0.1) is 0 Å². The van der Waals surface area contributed by atoms with Crippen LogP contribution in [0.2, 0.25) is 0 Å². The van der Waals surface area contributed by atoms with Crippen LogP contribution in [0.5, 0.6) is 0 Å². The smallest absolute Gasteiger partial charge is 0.283 e. The Labute approximate surface area is 130 Å². The average molecular weight is 318 g/mol. The predicted octanol–water partition coefficient (Wildman–Crippen LogP) is 2.15. The van der Waals surface area contributed by atoms with E-state index in [1.807, 2.05) is 19.1 Å². The first-order valence-corrected chi connectivity index (χ1v) is 8.26. The van der Waals surface area contributed by atoms with E-state index < -0.39 is 10.0 Å². The number of aryl methyl sites for hydroxylation is 3. The normalized spacial score (nSPS) is 11.2. The maximum absolute atomic E-state index is 12.9. The Morgan fingerprint density at radius 3 is 2.64 bits per heavy atom. The third kappa shape index (κ3) is 3.12. The van der Waals surface area contributed by atoms with Gasteiger partial charge in [0.1, 0.15) is 5.82 Å². The van der Waals surface area contributed by atoms with E-state index in [-0.39, 0.29) is 18.0 Å². The molecular formula is C15H18N4O2S. The topological polar surface area (TPSA) is 79.0 Å². The van der Waals surface area contributed by atoms with E-state index in [9.17, 15) is 8.42 Å². The summed E-state index contributed by atoms with van der Waals surface area (Å²) in [5.41, 5.74) is 1.49. The van der Waals surface area contributed by atoms with Gasteiger partial charge in [-0.05, 0) is 31.5 Å². The molecule has 0 unspecified atom stereocenters. The molecule has 0 saturated heterocycles. The number of benzene rings is 1. The van der Waals surface area contributed by atoms with Crippen molar-refractivity contribution in [2.24, 2.45) is 7.05 Å². The number of rotatable bonds is 5. The van der Waals surface area contributed by atoms with Crippen molar-refractivity contribution in [2.75, 3.05) is 10.8 Å². The fourth-order valence-electron chi connectivity index (χ4n) is 2.09. The fourth-order valence-corrected chi connectivity index (χ4v) is 3.57. The molecule has 0 bridgehead atoms. The highest BCUT2D eigenvalue weighted by atomic mass is 32.2. The number of anilines is 1. The fraction of sp³-hybridized carbons (Fsp3) is 0.333. The molecule has 2 rings (SSSR count). The van der Waals surface area contributed by atoms with Crippen LogP contribution < -0.4 is 4.31 Å². The third-order valence-corrected chi connectivity index (χ3v) is 5.06. The molecule has 1 heterocycles. The lowest BCUT2D eigenvalue weighted by atomic mass is 10.2. The van der Waals surface area contributed by atoms with Crippen LogP contribution in [0.1, 0.15) is 17.8 Å². The minimum absolute atomic E-state index is 0.00746. The summed E-state index contributed by atoms with van der Waals surface area (Å²) in [4.78, 5) is 4.11. The number of nitriles is 1. The van der Waals surface area contributed by atoms with Gasteiger partial charge in [0.05, 0.1) is 18.2 Å². The number of nitrogens with zero attached hydrogens (tertiary/aromatic N) is 4. The molecule has 1 aromatic carbocycles. The Kier molecular flexibility index (Phi) is 4.52. The summed E-state index contributed by atoms with van der Waals surface area (Å²) in [5.74, 6) is 0.614. The molecule has 0 amide bonds. The van der Waals surface area contributed by atoms with E-state index in [4.69, 9.17) is 5.26 Å². The lowest BCUT2D eigenvalue weighted by molar-refractivity contribution is 0.587. The second kappa shape index (κ2) is 6.20. The van der Waals surface area contributed by atoms with Crippen molar-refractivity contribution >= 4 is 15.7 Å². The van der Waals surface area contributed by atoms with Crippen LogP contribution in [0.3, 0.4) is 0 Å². The van der Waals surface area contributed by atoms with Gasteiger partial charge in [-0.3, -0.25) is 4.31 Å². The first-order valence-electron chi connectivity index (χ1n) is 6.82. The first-order chi connectivity index (χ1) is 10.4. The molecule has 0 fully saturated rings.